The van der Waals surface area contributed by atoms with Gasteiger partial charge in [-0.2, -0.15) is 0 Å². The minimum atomic E-state index is -0.987. The number of rotatable bonds is 2. The molecular formula is C27H33N3O6. The van der Waals surface area contributed by atoms with Crippen LogP contribution in [0.15, 0.2) is 54.6 Å². The smallest absolute Gasteiger partial charge is 0.411 e. The number of hydrogen-bond donors (Lipinski definition) is 3. The van der Waals surface area contributed by atoms with E-state index in [-0.39, 0.29) is 19.5 Å². The summed E-state index contributed by atoms with van der Waals surface area (Å²) >= 11 is 0. The summed E-state index contributed by atoms with van der Waals surface area (Å²) in [5.74, 6) is -0.422. The molecule has 5 rings (SSSR count). The maximum Gasteiger partial charge on any atom is 0.411 e. The predicted molar refractivity (Wildman–Crippen MR) is 132 cm³/mol. The van der Waals surface area contributed by atoms with Crippen molar-refractivity contribution in [1.82, 2.24) is 15.5 Å². The Bertz CT molecular complexity index is 1080. The number of nitrogens with one attached hydrogen (secondary N) is 2. The Morgan fingerprint density at radius 2 is 1.78 bits per heavy atom. The van der Waals surface area contributed by atoms with Crippen LogP contribution in [0, 0.1) is 0 Å². The number of carbonyl (C=O) groups is 3. The SMILES string of the molecule is CC(C)(C)OC(=O)N1CC[C@@H]2Oc3ccc(cc3)[C@@H](O)CNC(=O)[C@H](Cc3ccccc3)NC(=O)[C@H]21. The lowest BCUT2D eigenvalue weighted by Crippen LogP contribution is -2.57. The van der Waals surface area contributed by atoms with Crippen LogP contribution < -0.4 is 15.4 Å². The molecule has 3 aliphatic rings. The van der Waals surface area contributed by atoms with Crippen LogP contribution in [-0.2, 0) is 20.7 Å². The van der Waals surface area contributed by atoms with E-state index in [9.17, 15) is 19.5 Å². The van der Waals surface area contributed by atoms with Crippen molar-refractivity contribution in [3.05, 3.63) is 65.7 Å². The molecule has 0 spiro atoms. The van der Waals surface area contributed by atoms with Gasteiger partial charge in [0.1, 0.15) is 23.5 Å². The molecule has 0 aromatic heterocycles. The first-order valence-corrected chi connectivity index (χ1v) is 12.2. The van der Waals surface area contributed by atoms with Crippen molar-refractivity contribution < 1.29 is 29.0 Å². The van der Waals surface area contributed by atoms with Crippen molar-refractivity contribution in [2.45, 2.75) is 63.5 Å². The Hall–Kier alpha value is -3.59. The Labute approximate surface area is 210 Å². The van der Waals surface area contributed by atoms with Gasteiger partial charge in [-0.3, -0.25) is 14.5 Å². The molecule has 0 radical (unpaired) electrons. The minimum Gasteiger partial charge on any atom is -0.488 e. The molecule has 3 aliphatic heterocycles. The van der Waals surface area contributed by atoms with Crippen LogP contribution in [0.3, 0.4) is 0 Å². The monoisotopic (exact) mass is 495 g/mol. The fourth-order valence-electron chi connectivity index (χ4n) is 4.42. The molecule has 2 aromatic rings. The number of nitrogens with zero attached hydrogens (tertiary/aromatic N) is 1. The van der Waals surface area contributed by atoms with Gasteiger partial charge in [-0.1, -0.05) is 42.5 Å². The number of likely N-dealkylation sites (tertiary alicyclic amines) is 1. The highest BCUT2D eigenvalue weighted by molar-refractivity contribution is 5.92. The highest BCUT2D eigenvalue weighted by Crippen LogP contribution is 2.27. The molecule has 2 bridgehead atoms. The zero-order chi connectivity index (χ0) is 25.9. The van der Waals surface area contributed by atoms with E-state index in [2.05, 4.69) is 10.6 Å². The number of benzene rings is 2. The van der Waals surface area contributed by atoms with Crippen molar-refractivity contribution >= 4 is 17.9 Å². The molecule has 3 heterocycles. The zero-order valence-electron chi connectivity index (χ0n) is 20.8. The second kappa shape index (κ2) is 10.6. The summed E-state index contributed by atoms with van der Waals surface area (Å²) in [6, 6.07) is 14.3. The normalized spacial score (nSPS) is 24.7. The second-order valence-corrected chi connectivity index (χ2v) is 10.1. The van der Waals surface area contributed by atoms with Crippen LogP contribution in [0.5, 0.6) is 5.75 Å². The number of aliphatic hydroxyl groups is 1. The van der Waals surface area contributed by atoms with Gasteiger partial charge in [-0.05, 0) is 44.0 Å². The molecule has 192 valence electrons. The summed E-state index contributed by atoms with van der Waals surface area (Å²) in [4.78, 5) is 41.2. The van der Waals surface area contributed by atoms with Gasteiger partial charge < -0.3 is 25.2 Å². The molecule has 1 saturated heterocycles. The third-order valence-electron chi connectivity index (χ3n) is 6.18. The fraction of sp³-hybridized carbons (Fsp3) is 0.444. The van der Waals surface area contributed by atoms with Gasteiger partial charge >= 0.3 is 6.09 Å². The van der Waals surface area contributed by atoms with Crippen LogP contribution in [0.4, 0.5) is 4.79 Å². The lowest BCUT2D eigenvalue weighted by atomic mass is 10.0. The predicted octanol–water partition coefficient (Wildman–Crippen LogP) is 2.33. The molecule has 3 amide bonds. The van der Waals surface area contributed by atoms with Crippen molar-refractivity contribution in [3.8, 4) is 5.75 Å². The molecular weight excluding hydrogens is 462 g/mol. The molecule has 3 N–H and O–H groups in total. The third kappa shape index (κ3) is 6.15. The van der Waals surface area contributed by atoms with Crippen molar-refractivity contribution in [3.63, 3.8) is 0 Å². The lowest BCUT2D eigenvalue weighted by molar-refractivity contribution is -0.132. The Morgan fingerprint density at radius 1 is 1.08 bits per heavy atom. The Kier molecular flexibility index (Phi) is 7.49. The highest BCUT2D eigenvalue weighted by atomic mass is 16.6. The van der Waals surface area contributed by atoms with Crippen molar-refractivity contribution in [2.75, 3.05) is 13.1 Å². The van der Waals surface area contributed by atoms with E-state index in [1.54, 1.807) is 45.0 Å². The molecule has 0 saturated carbocycles. The van der Waals surface area contributed by atoms with Gasteiger partial charge in [0.05, 0.1) is 6.10 Å². The first-order valence-electron chi connectivity index (χ1n) is 12.2. The summed E-state index contributed by atoms with van der Waals surface area (Å²) in [6.45, 7) is 5.54. The summed E-state index contributed by atoms with van der Waals surface area (Å²) < 4.78 is 11.7. The zero-order valence-corrected chi connectivity index (χ0v) is 20.8. The maximum absolute atomic E-state index is 13.6. The lowest BCUT2D eigenvalue weighted by Gasteiger charge is -2.31. The summed E-state index contributed by atoms with van der Waals surface area (Å²) in [5.41, 5.74) is 0.750. The van der Waals surface area contributed by atoms with Gasteiger partial charge in [-0.25, -0.2) is 4.79 Å². The van der Waals surface area contributed by atoms with E-state index < -0.39 is 47.8 Å². The standard InChI is InChI=1S/C27H33N3O6/c1-27(2,3)36-26(34)30-14-13-22-23(30)25(33)29-20(15-17-7-5-4-6-8-17)24(32)28-16-21(31)18-9-11-19(35-22)12-10-18/h4-12,20-23,31H,13-16H2,1-3H3,(H,28,32)(H,29,33)/t20-,21-,22-,23-/m0/s1. The number of amides is 3. The number of ether oxygens (including phenoxy) is 2. The minimum absolute atomic E-state index is 0.0176. The molecule has 2 aromatic carbocycles. The van der Waals surface area contributed by atoms with Crippen LogP contribution >= 0.6 is 0 Å². The van der Waals surface area contributed by atoms with Crippen LogP contribution in [-0.4, -0.2) is 64.8 Å². The molecule has 9 nitrogen and oxygen atoms in total. The molecule has 0 unspecified atom stereocenters. The second-order valence-electron chi connectivity index (χ2n) is 10.1. The Balaban J connectivity index is 1.67. The van der Waals surface area contributed by atoms with E-state index in [4.69, 9.17) is 9.47 Å². The van der Waals surface area contributed by atoms with Gasteiger partial charge in [0, 0.05) is 25.9 Å². The van der Waals surface area contributed by atoms with Crippen LogP contribution in [0.25, 0.3) is 0 Å². The van der Waals surface area contributed by atoms with Crippen molar-refractivity contribution in [2.24, 2.45) is 0 Å². The van der Waals surface area contributed by atoms with E-state index in [1.807, 2.05) is 30.3 Å². The first kappa shape index (κ1) is 25.5. The topological polar surface area (TPSA) is 117 Å². The fourth-order valence-corrected chi connectivity index (χ4v) is 4.42. The average Bonchev–Trinajstić information content (AvgIpc) is 3.25. The van der Waals surface area contributed by atoms with Gasteiger partial charge in [-0.15, -0.1) is 0 Å². The quantitative estimate of drug-likeness (QED) is 0.589. The molecule has 36 heavy (non-hydrogen) atoms. The summed E-state index contributed by atoms with van der Waals surface area (Å²) in [6.07, 6.45) is -1.51. The van der Waals surface area contributed by atoms with Gasteiger partial charge in [0.15, 0.2) is 6.04 Å². The van der Waals surface area contributed by atoms with E-state index in [1.165, 1.54) is 4.90 Å². The highest BCUT2D eigenvalue weighted by Gasteiger charge is 2.46. The third-order valence-corrected chi connectivity index (χ3v) is 6.18. The van der Waals surface area contributed by atoms with E-state index in [0.717, 1.165) is 5.56 Å². The van der Waals surface area contributed by atoms with Gasteiger partial charge in [0.2, 0.25) is 11.8 Å². The molecule has 1 fully saturated rings. The summed E-state index contributed by atoms with van der Waals surface area (Å²) in [7, 11) is 0. The summed E-state index contributed by atoms with van der Waals surface area (Å²) in [5, 5.41) is 16.1. The van der Waals surface area contributed by atoms with E-state index >= 15 is 0 Å². The molecule has 9 heteroatoms. The number of aliphatic hydroxyl groups excluding tert-OH is 1. The number of hydrogen-bond acceptors (Lipinski definition) is 6. The average molecular weight is 496 g/mol. The molecule has 0 aliphatic carbocycles. The van der Waals surface area contributed by atoms with E-state index in [0.29, 0.717) is 17.7 Å². The molecule has 4 atom stereocenters. The Morgan fingerprint density at radius 3 is 2.44 bits per heavy atom. The van der Waals surface area contributed by atoms with Crippen LogP contribution in [0.1, 0.15) is 44.4 Å². The largest absolute Gasteiger partial charge is 0.488 e. The number of carbonyl (C=O) groups excluding carboxylic acids is 3. The van der Waals surface area contributed by atoms with Crippen LogP contribution in [0.2, 0.25) is 0 Å². The van der Waals surface area contributed by atoms with Gasteiger partial charge in [0.25, 0.3) is 0 Å². The van der Waals surface area contributed by atoms with Crippen molar-refractivity contribution in [1.29, 1.82) is 0 Å². The maximum atomic E-state index is 13.6. The first-order chi connectivity index (χ1) is 17.1. The number of fused-ring (bicyclic) bond motifs is 8.